The molecule has 1 N–H and O–H groups in total. The van der Waals surface area contributed by atoms with Gasteiger partial charge in [-0.3, -0.25) is 4.90 Å². The molecule has 2 fully saturated rings. The van der Waals surface area contributed by atoms with Gasteiger partial charge in [0, 0.05) is 0 Å². The molecule has 0 aliphatic carbocycles. The van der Waals surface area contributed by atoms with Gasteiger partial charge in [0.1, 0.15) is 12.4 Å². The van der Waals surface area contributed by atoms with E-state index in [0.29, 0.717) is 17.9 Å². The molecular formula is C16H21NO3. The maximum atomic E-state index is 11.2. The summed E-state index contributed by atoms with van der Waals surface area (Å²) < 4.78 is 5.94. The van der Waals surface area contributed by atoms with Gasteiger partial charge in [-0.2, -0.15) is 0 Å². The maximum Gasteiger partial charge on any atom is 0.336 e. The minimum Gasteiger partial charge on any atom is -0.492 e. The number of carboxylic acids is 1. The molecule has 0 spiro atoms. The smallest absolute Gasteiger partial charge is 0.336 e. The highest BCUT2D eigenvalue weighted by atomic mass is 16.5. The van der Waals surface area contributed by atoms with E-state index in [2.05, 4.69) is 4.90 Å². The molecule has 0 bridgehead atoms. The van der Waals surface area contributed by atoms with Crippen LogP contribution in [0.3, 0.4) is 0 Å². The second-order valence-electron chi connectivity index (χ2n) is 5.99. The van der Waals surface area contributed by atoms with Crippen LogP contribution < -0.4 is 4.74 Å². The van der Waals surface area contributed by atoms with Gasteiger partial charge in [0.15, 0.2) is 0 Å². The number of carboxylic acid groups (broad SMARTS) is 1. The Morgan fingerprint density at radius 1 is 1.35 bits per heavy atom. The largest absolute Gasteiger partial charge is 0.492 e. The lowest BCUT2D eigenvalue weighted by atomic mass is 9.95. The SMILES string of the molecule is Cc1ccc(OCC23CCCN2CCC3)cc1C(=O)O. The van der Waals surface area contributed by atoms with E-state index in [-0.39, 0.29) is 5.54 Å². The number of hydrogen-bond donors (Lipinski definition) is 1. The second kappa shape index (κ2) is 5.09. The van der Waals surface area contributed by atoms with Gasteiger partial charge in [0.05, 0.1) is 11.1 Å². The quantitative estimate of drug-likeness (QED) is 0.918. The van der Waals surface area contributed by atoms with E-state index < -0.39 is 5.97 Å². The number of aromatic carboxylic acids is 1. The Morgan fingerprint density at radius 3 is 2.70 bits per heavy atom. The molecule has 4 heteroatoms. The molecule has 0 saturated carbocycles. The topological polar surface area (TPSA) is 49.8 Å². The van der Waals surface area contributed by atoms with Crippen LogP contribution in [0.1, 0.15) is 41.6 Å². The van der Waals surface area contributed by atoms with Crippen LogP contribution in [-0.4, -0.2) is 41.2 Å². The average Bonchev–Trinajstić information content (AvgIpc) is 2.97. The third kappa shape index (κ3) is 2.29. The highest BCUT2D eigenvalue weighted by molar-refractivity contribution is 5.89. The Bertz CT molecular complexity index is 516. The molecule has 0 unspecified atom stereocenters. The fourth-order valence-electron chi connectivity index (χ4n) is 3.60. The van der Waals surface area contributed by atoms with E-state index in [1.165, 1.54) is 38.8 Å². The van der Waals surface area contributed by atoms with Crippen molar-refractivity contribution in [3.63, 3.8) is 0 Å². The zero-order valence-corrected chi connectivity index (χ0v) is 11.9. The Morgan fingerprint density at radius 2 is 2.05 bits per heavy atom. The summed E-state index contributed by atoms with van der Waals surface area (Å²) in [5.41, 5.74) is 1.30. The van der Waals surface area contributed by atoms with Crippen LogP contribution in [0.2, 0.25) is 0 Å². The van der Waals surface area contributed by atoms with Crippen molar-refractivity contribution in [3.05, 3.63) is 29.3 Å². The van der Waals surface area contributed by atoms with Crippen LogP contribution in [0.25, 0.3) is 0 Å². The van der Waals surface area contributed by atoms with Crippen LogP contribution in [0, 0.1) is 6.92 Å². The molecule has 0 radical (unpaired) electrons. The fourth-order valence-corrected chi connectivity index (χ4v) is 3.60. The summed E-state index contributed by atoms with van der Waals surface area (Å²) in [5, 5.41) is 9.15. The van der Waals surface area contributed by atoms with Crippen molar-refractivity contribution in [2.24, 2.45) is 0 Å². The van der Waals surface area contributed by atoms with E-state index in [1.54, 1.807) is 6.07 Å². The van der Waals surface area contributed by atoms with Crippen LogP contribution >= 0.6 is 0 Å². The minimum absolute atomic E-state index is 0.203. The highest BCUT2D eigenvalue weighted by Gasteiger charge is 2.44. The molecule has 1 aromatic carbocycles. The van der Waals surface area contributed by atoms with Gasteiger partial charge >= 0.3 is 5.97 Å². The Labute approximate surface area is 119 Å². The first-order valence-corrected chi connectivity index (χ1v) is 7.33. The summed E-state index contributed by atoms with van der Waals surface area (Å²) in [5.74, 6) is -0.226. The monoisotopic (exact) mass is 275 g/mol. The van der Waals surface area contributed by atoms with Crippen molar-refractivity contribution in [3.8, 4) is 5.75 Å². The van der Waals surface area contributed by atoms with Crippen LogP contribution in [-0.2, 0) is 0 Å². The molecule has 20 heavy (non-hydrogen) atoms. The average molecular weight is 275 g/mol. The zero-order chi connectivity index (χ0) is 14.2. The molecule has 0 amide bonds. The molecule has 108 valence electrons. The van der Waals surface area contributed by atoms with Gasteiger partial charge in [0.25, 0.3) is 0 Å². The first kappa shape index (κ1) is 13.4. The lowest BCUT2D eigenvalue weighted by molar-refractivity contribution is 0.0695. The summed E-state index contributed by atoms with van der Waals surface area (Å²) in [6.07, 6.45) is 4.89. The Hall–Kier alpha value is -1.55. The molecule has 2 aliphatic rings. The second-order valence-corrected chi connectivity index (χ2v) is 5.99. The molecule has 0 atom stereocenters. The molecule has 4 nitrogen and oxygen atoms in total. The van der Waals surface area contributed by atoms with Crippen molar-refractivity contribution < 1.29 is 14.6 Å². The Kier molecular flexibility index (Phi) is 3.42. The lowest BCUT2D eigenvalue weighted by Gasteiger charge is -2.31. The molecule has 2 saturated heterocycles. The molecular weight excluding hydrogens is 254 g/mol. The first-order valence-electron chi connectivity index (χ1n) is 7.33. The number of carbonyl (C=O) groups is 1. The van der Waals surface area contributed by atoms with E-state index in [0.717, 1.165) is 5.56 Å². The van der Waals surface area contributed by atoms with Crippen LogP contribution in [0.15, 0.2) is 18.2 Å². The first-order chi connectivity index (χ1) is 9.61. The number of rotatable bonds is 4. The minimum atomic E-state index is -0.894. The number of benzene rings is 1. The molecule has 3 rings (SSSR count). The number of ether oxygens (including phenoxy) is 1. The number of nitrogens with zero attached hydrogens (tertiary/aromatic N) is 1. The van der Waals surface area contributed by atoms with E-state index in [9.17, 15) is 4.79 Å². The number of hydrogen-bond acceptors (Lipinski definition) is 3. The summed E-state index contributed by atoms with van der Waals surface area (Å²) in [7, 11) is 0. The fraction of sp³-hybridized carbons (Fsp3) is 0.562. The summed E-state index contributed by atoms with van der Waals surface area (Å²) in [4.78, 5) is 13.7. The highest BCUT2D eigenvalue weighted by Crippen LogP contribution is 2.39. The normalized spacial score (nSPS) is 20.9. The van der Waals surface area contributed by atoms with Gasteiger partial charge in [-0.1, -0.05) is 6.07 Å². The molecule has 1 aromatic rings. The van der Waals surface area contributed by atoms with Gasteiger partial charge in [-0.05, 0) is 63.4 Å². The molecule has 2 aliphatic heterocycles. The molecule has 0 aromatic heterocycles. The van der Waals surface area contributed by atoms with Crippen molar-refractivity contribution >= 4 is 5.97 Å². The van der Waals surface area contributed by atoms with Gasteiger partial charge in [-0.25, -0.2) is 4.79 Å². The van der Waals surface area contributed by atoms with Gasteiger partial charge in [-0.15, -0.1) is 0 Å². The predicted octanol–water partition coefficient (Wildman–Crippen LogP) is 2.70. The zero-order valence-electron chi connectivity index (χ0n) is 11.9. The van der Waals surface area contributed by atoms with Gasteiger partial charge in [0.2, 0.25) is 0 Å². The van der Waals surface area contributed by atoms with E-state index >= 15 is 0 Å². The number of fused-ring (bicyclic) bond motifs is 1. The number of aryl methyl sites for hydroxylation is 1. The van der Waals surface area contributed by atoms with Crippen LogP contribution in [0.5, 0.6) is 5.75 Å². The summed E-state index contributed by atoms with van der Waals surface area (Å²) >= 11 is 0. The maximum absolute atomic E-state index is 11.2. The van der Waals surface area contributed by atoms with Crippen molar-refractivity contribution in [2.45, 2.75) is 38.1 Å². The molecule has 2 heterocycles. The third-order valence-corrected chi connectivity index (χ3v) is 4.76. The Balaban J connectivity index is 1.72. The standard InChI is InChI=1S/C16H21NO3/c1-12-4-5-13(10-14(12)15(18)19)20-11-16-6-2-8-17(16)9-3-7-16/h4-5,10H,2-3,6-9,11H2,1H3,(H,18,19). The van der Waals surface area contributed by atoms with Crippen molar-refractivity contribution in [1.29, 1.82) is 0 Å². The van der Waals surface area contributed by atoms with Crippen molar-refractivity contribution in [1.82, 2.24) is 4.90 Å². The van der Waals surface area contributed by atoms with Crippen LogP contribution in [0.4, 0.5) is 0 Å². The van der Waals surface area contributed by atoms with E-state index in [4.69, 9.17) is 9.84 Å². The summed E-state index contributed by atoms with van der Waals surface area (Å²) in [6, 6.07) is 5.33. The van der Waals surface area contributed by atoms with Crippen molar-refractivity contribution in [2.75, 3.05) is 19.7 Å². The van der Waals surface area contributed by atoms with Gasteiger partial charge < -0.3 is 9.84 Å². The predicted molar refractivity (Wildman–Crippen MR) is 76.4 cm³/mol. The van der Waals surface area contributed by atoms with E-state index in [1.807, 2.05) is 19.1 Å². The summed E-state index contributed by atoms with van der Waals surface area (Å²) in [6.45, 7) is 4.84. The lowest BCUT2D eigenvalue weighted by Crippen LogP contribution is -2.43. The third-order valence-electron chi connectivity index (χ3n) is 4.76.